The second kappa shape index (κ2) is 11.7. The highest BCUT2D eigenvalue weighted by molar-refractivity contribution is 7.99. The first-order chi connectivity index (χ1) is 26.4. The standard InChI is InChI=1S/C52H37NS/c1-52(2)44-17-9-8-14-38(44)42-30-36(23-26-45(42)52)51-40-16-7-6-15-39(40)50(37-24-27-49-47(31-37)53(3)46-18-10-11-19-48(46)54-49)41-25-22-35(29-43(41)51)34-21-20-32-12-4-5-13-33(32)28-34/h4-31H,1-3H3. The van der Waals surface area contributed by atoms with Gasteiger partial charge in [0.25, 0.3) is 0 Å². The van der Waals surface area contributed by atoms with Crippen LogP contribution in [0.25, 0.3) is 76.8 Å². The van der Waals surface area contributed by atoms with Gasteiger partial charge in [-0.1, -0.05) is 153 Å². The Kier molecular flexibility index (Phi) is 6.81. The molecule has 0 amide bonds. The Morgan fingerprint density at radius 2 is 1.00 bits per heavy atom. The van der Waals surface area contributed by atoms with Crippen molar-refractivity contribution in [2.24, 2.45) is 0 Å². The van der Waals surface area contributed by atoms with Crippen LogP contribution in [0.3, 0.4) is 0 Å². The summed E-state index contributed by atoms with van der Waals surface area (Å²) in [6, 6.07) is 63.7. The van der Waals surface area contributed by atoms with Gasteiger partial charge in [-0.05, 0) is 130 Å². The summed E-state index contributed by atoms with van der Waals surface area (Å²) in [5.74, 6) is 0. The smallest absolute Gasteiger partial charge is 0.0556 e. The van der Waals surface area contributed by atoms with E-state index >= 15 is 0 Å². The van der Waals surface area contributed by atoms with Crippen LogP contribution in [0, 0.1) is 0 Å². The van der Waals surface area contributed by atoms with Gasteiger partial charge in [-0.25, -0.2) is 0 Å². The topological polar surface area (TPSA) is 3.24 Å². The van der Waals surface area contributed by atoms with E-state index in [9.17, 15) is 0 Å². The zero-order chi connectivity index (χ0) is 36.1. The third kappa shape index (κ3) is 4.60. The molecule has 54 heavy (non-hydrogen) atoms. The van der Waals surface area contributed by atoms with Crippen LogP contribution in [-0.4, -0.2) is 7.05 Å². The maximum absolute atomic E-state index is 2.47. The minimum Gasteiger partial charge on any atom is -0.343 e. The zero-order valence-corrected chi connectivity index (χ0v) is 31.3. The number of rotatable bonds is 3. The van der Waals surface area contributed by atoms with Crippen LogP contribution < -0.4 is 4.90 Å². The number of hydrogen-bond acceptors (Lipinski definition) is 2. The lowest BCUT2D eigenvalue weighted by atomic mass is 9.81. The normalized spacial score (nSPS) is 13.9. The number of nitrogens with zero attached hydrogens (tertiary/aromatic N) is 1. The molecule has 256 valence electrons. The van der Waals surface area contributed by atoms with E-state index in [1.807, 2.05) is 11.8 Å². The van der Waals surface area contributed by atoms with Crippen molar-refractivity contribution in [2.45, 2.75) is 29.1 Å². The van der Waals surface area contributed by atoms with Gasteiger partial charge in [-0.15, -0.1) is 0 Å². The minimum atomic E-state index is -0.0416. The van der Waals surface area contributed by atoms with Gasteiger partial charge < -0.3 is 4.90 Å². The van der Waals surface area contributed by atoms with Gasteiger partial charge in [0, 0.05) is 22.3 Å². The molecule has 0 atom stereocenters. The van der Waals surface area contributed by atoms with Crippen LogP contribution in [-0.2, 0) is 5.41 Å². The average molecular weight is 708 g/mol. The van der Waals surface area contributed by atoms with E-state index in [0.717, 1.165) is 0 Å². The highest BCUT2D eigenvalue weighted by Crippen LogP contribution is 2.53. The van der Waals surface area contributed by atoms with Crippen LogP contribution in [0.5, 0.6) is 0 Å². The van der Waals surface area contributed by atoms with Crippen molar-refractivity contribution in [2.75, 3.05) is 11.9 Å². The average Bonchev–Trinajstić information content (AvgIpc) is 3.45. The molecule has 9 aromatic carbocycles. The number of para-hydroxylation sites is 1. The lowest BCUT2D eigenvalue weighted by molar-refractivity contribution is 0.660. The highest BCUT2D eigenvalue weighted by atomic mass is 32.2. The molecule has 2 heteroatoms. The van der Waals surface area contributed by atoms with Crippen molar-refractivity contribution in [3.8, 4) is 44.5 Å². The first-order valence-electron chi connectivity index (χ1n) is 18.8. The second-order valence-electron chi connectivity index (χ2n) is 15.4. The Morgan fingerprint density at radius 1 is 0.407 bits per heavy atom. The summed E-state index contributed by atoms with van der Waals surface area (Å²) in [5, 5.41) is 7.59. The number of benzene rings is 9. The summed E-state index contributed by atoms with van der Waals surface area (Å²) < 4.78 is 0. The lowest BCUT2D eigenvalue weighted by Gasteiger charge is -2.30. The summed E-state index contributed by atoms with van der Waals surface area (Å²) in [7, 11) is 2.20. The maximum Gasteiger partial charge on any atom is 0.0556 e. The largest absolute Gasteiger partial charge is 0.343 e. The summed E-state index contributed by atoms with van der Waals surface area (Å²) in [6.45, 7) is 4.72. The third-order valence-electron chi connectivity index (χ3n) is 12.0. The van der Waals surface area contributed by atoms with E-state index in [1.165, 1.54) is 109 Å². The Balaban J connectivity index is 1.19. The number of fused-ring (bicyclic) bond motifs is 8. The fourth-order valence-corrected chi connectivity index (χ4v) is 10.4. The van der Waals surface area contributed by atoms with Crippen LogP contribution >= 0.6 is 11.8 Å². The van der Waals surface area contributed by atoms with Crippen molar-refractivity contribution in [3.05, 3.63) is 181 Å². The molecule has 0 saturated heterocycles. The van der Waals surface area contributed by atoms with Crippen molar-refractivity contribution in [1.29, 1.82) is 0 Å². The molecule has 0 radical (unpaired) electrons. The molecule has 1 aliphatic carbocycles. The summed E-state index contributed by atoms with van der Waals surface area (Å²) in [6.07, 6.45) is 0. The van der Waals surface area contributed by atoms with E-state index < -0.39 is 0 Å². The fraction of sp³-hybridized carbons (Fsp3) is 0.0769. The Hall–Kier alpha value is -6.09. The summed E-state index contributed by atoms with van der Waals surface area (Å²) in [4.78, 5) is 4.93. The van der Waals surface area contributed by atoms with E-state index in [1.54, 1.807) is 0 Å². The van der Waals surface area contributed by atoms with Crippen molar-refractivity contribution >= 4 is 55.5 Å². The van der Waals surface area contributed by atoms with Crippen LogP contribution in [0.15, 0.2) is 180 Å². The molecule has 1 heterocycles. The maximum atomic E-state index is 2.47. The molecular formula is C52H37NS. The second-order valence-corrected chi connectivity index (χ2v) is 16.4. The Bertz CT molecular complexity index is 3020. The van der Waals surface area contributed by atoms with Gasteiger partial charge in [0.15, 0.2) is 0 Å². The monoisotopic (exact) mass is 707 g/mol. The molecule has 2 aliphatic rings. The molecule has 9 aromatic rings. The first-order valence-corrected chi connectivity index (χ1v) is 19.6. The zero-order valence-electron chi connectivity index (χ0n) is 30.5. The van der Waals surface area contributed by atoms with Crippen molar-refractivity contribution in [3.63, 3.8) is 0 Å². The molecule has 1 aliphatic heterocycles. The molecule has 11 rings (SSSR count). The van der Waals surface area contributed by atoms with E-state index in [-0.39, 0.29) is 5.41 Å². The molecule has 0 aromatic heterocycles. The number of anilines is 2. The van der Waals surface area contributed by atoms with Crippen molar-refractivity contribution in [1.82, 2.24) is 0 Å². The quantitative estimate of drug-likeness (QED) is 0.168. The number of hydrogen-bond donors (Lipinski definition) is 0. The Labute approximate surface area is 320 Å². The SMILES string of the molecule is CN1c2ccccc2Sc2ccc(-c3c4ccccc4c(-c4ccc5c(c4)-c4ccccc4C5(C)C)c4cc(-c5ccc6ccccc6c5)ccc34)cc21. The molecular weight excluding hydrogens is 671 g/mol. The third-order valence-corrected chi connectivity index (χ3v) is 13.2. The van der Waals surface area contributed by atoms with Gasteiger partial charge in [-0.2, -0.15) is 0 Å². The Morgan fingerprint density at radius 3 is 1.87 bits per heavy atom. The fourth-order valence-electron chi connectivity index (χ4n) is 9.31. The predicted molar refractivity (Wildman–Crippen MR) is 231 cm³/mol. The first kappa shape index (κ1) is 31.4. The van der Waals surface area contributed by atoms with E-state index in [2.05, 4.69) is 196 Å². The molecule has 1 nitrogen and oxygen atoms in total. The summed E-state index contributed by atoms with van der Waals surface area (Å²) in [5.41, 5.74) is 15.4. The summed E-state index contributed by atoms with van der Waals surface area (Å²) >= 11 is 1.86. The van der Waals surface area contributed by atoms with Crippen LogP contribution in [0.4, 0.5) is 11.4 Å². The predicted octanol–water partition coefficient (Wildman–Crippen LogP) is 14.7. The van der Waals surface area contributed by atoms with E-state index in [4.69, 9.17) is 0 Å². The minimum absolute atomic E-state index is 0.0416. The van der Waals surface area contributed by atoms with Gasteiger partial charge in [-0.3, -0.25) is 0 Å². The molecule has 0 unspecified atom stereocenters. The van der Waals surface area contributed by atoms with Gasteiger partial charge >= 0.3 is 0 Å². The van der Waals surface area contributed by atoms with E-state index in [0.29, 0.717) is 0 Å². The lowest BCUT2D eigenvalue weighted by Crippen LogP contribution is -2.14. The molecule has 0 bridgehead atoms. The van der Waals surface area contributed by atoms with Crippen molar-refractivity contribution < 1.29 is 0 Å². The van der Waals surface area contributed by atoms with Crippen LogP contribution in [0.1, 0.15) is 25.0 Å². The van der Waals surface area contributed by atoms with Gasteiger partial charge in [0.05, 0.1) is 11.4 Å². The molecule has 0 N–H and O–H groups in total. The van der Waals surface area contributed by atoms with Gasteiger partial charge in [0.1, 0.15) is 0 Å². The highest BCUT2D eigenvalue weighted by Gasteiger charge is 2.35. The van der Waals surface area contributed by atoms with Crippen LogP contribution in [0.2, 0.25) is 0 Å². The molecule has 0 saturated carbocycles. The molecule has 0 fully saturated rings. The van der Waals surface area contributed by atoms with Gasteiger partial charge in [0.2, 0.25) is 0 Å². The molecule has 0 spiro atoms.